The topological polar surface area (TPSA) is 70.1 Å². The van der Waals surface area contributed by atoms with Gasteiger partial charge in [-0.05, 0) is 63.3 Å². The second kappa shape index (κ2) is 6.58. The molecule has 6 nitrogen and oxygen atoms in total. The van der Waals surface area contributed by atoms with Crippen molar-refractivity contribution < 1.29 is 19.4 Å². The van der Waals surface area contributed by atoms with Gasteiger partial charge in [0.1, 0.15) is 5.60 Å². The zero-order chi connectivity index (χ0) is 18.2. The van der Waals surface area contributed by atoms with Crippen molar-refractivity contribution in [2.45, 2.75) is 45.1 Å². The highest BCUT2D eigenvalue weighted by atomic mass is 16.6. The van der Waals surface area contributed by atoms with Crippen molar-refractivity contribution in [3.05, 3.63) is 29.3 Å². The molecule has 0 spiro atoms. The van der Waals surface area contributed by atoms with Crippen LogP contribution in [0.4, 0.5) is 10.5 Å². The number of hydrogen-bond acceptors (Lipinski definition) is 4. The number of carbonyl (C=O) groups is 2. The minimum Gasteiger partial charge on any atom is -0.478 e. The summed E-state index contributed by atoms with van der Waals surface area (Å²) in [5, 5.41) is 9.23. The predicted octanol–water partition coefficient (Wildman–Crippen LogP) is 3.32. The van der Waals surface area contributed by atoms with Gasteiger partial charge >= 0.3 is 12.1 Å². The van der Waals surface area contributed by atoms with Crippen molar-refractivity contribution in [2.24, 2.45) is 0 Å². The second-order valence-corrected chi connectivity index (χ2v) is 7.81. The number of carboxylic acids is 1. The van der Waals surface area contributed by atoms with E-state index in [9.17, 15) is 14.7 Å². The highest BCUT2D eigenvalue weighted by molar-refractivity contribution is 5.88. The highest BCUT2D eigenvalue weighted by Gasteiger charge is 2.31. The third kappa shape index (κ3) is 4.24. The van der Waals surface area contributed by atoms with Crippen molar-refractivity contribution in [3.63, 3.8) is 0 Å². The summed E-state index contributed by atoms with van der Waals surface area (Å²) in [6.07, 6.45) is 1.97. The Kier molecular flexibility index (Phi) is 4.62. The molecule has 0 unspecified atom stereocenters. The van der Waals surface area contributed by atoms with E-state index < -0.39 is 11.6 Å². The molecule has 1 aliphatic carbocycles. The Morgan fingerprint density at radius 3 is 2.28 bits per heavy atom. The van der Waals surface area contributed by atoms with E-state index >= 15 is 0 Å². The number of carboxylic acid groups (broad SMARTS) is 1. The van der Waals surface area contributed by atoms with E-state index in [0.29, 0.717) is 24.6 Å². The standard InChI is InChI=1S/C19H26N2O4/c1-19(2,3)25-18(24)21-10-8-20(9-11-21)16-7-6-14(17(22)23)12-15(16)13-4-5-13/h6-7,12-13H,4-5,8-11H2,1-3H3,(H,22,23). The van der Waals surface area contributed by atoms with Crippen LogP contribution < -0.4 is 4.90 Å². The lowest BCUT2D eigenvalue weighted by molar-refractivity contribution is 0.0240. The quantitative estimate of drug-likeness (QED) is 0.909. The molecular weight excluding hydrogens is 320 g/mol. The monoisotopic (exact) mass is 346 g/mol. The molecule has 25 heavy (non-hydrogen) atoms. The molecule has 0 aromatic heterocycles. The Morgan fingerprint density at radius 1 is 1.12 bits per heavy atom. The molecule has 1 aromatic rings. The van der Waals surface area contributed by atoms with Crippen LogP contribution in [0.3, 0.4) is 0 Å². The number of carbonyl (C=O) groups excluding carboxylic acids is 1. The number of nitrogens with zero attached hydrogens (tertiary/aromatic N) is 2. The maximum absolute atomic E-state index is 12.2. The lowest BCUT2D eigenvalue weighted by atomic mass is 10.0. The number of rotatable bonds is 3. The lowest BCUT2D eigenvalue weighted by Crippen LogP contribution is -2.50. The van der Waals surface area contributed by atoms with E-state index in [1.54, 1.807) is 11.0 Å². The van der Waals surface area contributed by atoms with Gasteiger partial charge in [0.25, 0.3) is 0 Å². The van der Waals surface area contributed by atoms with Crippen molar-refractivity contribution >= 4 is 17.7 Å². The normalized spacial score (nSPS) is 18.2. The Hall–Kier alpha value is -2.24. The van der Waals surface area contributed by atoms with Crippen molar-refractivity contribution in [2.75, 3.05) is 31.1 Å². The summed E-state index contributed by atoms with van der Waals surface area (Å²) in [5.74, 6) is -0.415. The summed E-state index contributed by atoms with van der Waals surface area (Å²) in [6, 6.07) is 5.40. The van der Waals surface area contributed by atoms with Crippen molar-refractivity contribution in [1.29, 1.82) is 0 Å². The van der Waals surface area contributed by atoms with Gasteiger partial charge in [0, 0.05) is 31.9 Å². The maximum Gasteiger partial charge on any atom is 0.410 e. The van der Waals surface area contributed by atoms with Crippen LogP contribution in [0.25, 0.3) is 0 Å². The molecule has 1 N–H and O–H groups in total. The van der Waals surface area contributed by atoms with Crippen LogP contribution in [0.2, 0.25) is 0 Å². The van der Waals surface area contributed by atoms with Gasteiger partial charge in [-0.25, -0.2) is 9.59 Å². The van der Waals surface area contributed by atoms with Crippen LogP contribution in [0, 0.1) is 0 Å². The first-order chi connectivity index (χ1) is 11.7. The average Bonchev–Trinajstić information content (AvgIpc) is 3.37. The third-order valence-electron chi connectivity index (χ3n) is 4.56. The summed E-state index contributed by atoms with van der Waals surface area (Å²) < 4.78 is 5.44. The van der Waals surface area contributed by atoms with Gasteiger partial charge in [0.05, 0.1) is 5.56 Å². The summed E-state index contributed by atoms with van der Waals surface area (Å²) in [4.78, 5) is 27.4. The van der Waals surface area contributed by atoms with Crippen LogP contribution in [0.15, 0.2) is 18.2 Å². The molecule has 0 atom stereocenters. The van der Waals surface area contributed by atoms with Gasteiger partial charge in [-0.2, -0.15) is 0 Å². The van der Waals surface area contributed by atoms with Crippen LogP contribution in [0.5, 0.6) is 0 Å². The molecule has 1 heterocycles. The fourth-order valence-electron chi connectivity index (χ4n) is 3.15. The SMILES string of the molecule is CC(C)(C)OC(=O)N1CCN(c2ccc(C(=O)O)cc2C2CC2)CC1. The molecule has 1 saturated carbocycles. The molecule has 2 aliphatic rings. The zero-order valence-electron chi connectivity index (χ0n) is 15.1. The molecule has 136 valence electrons. The summed E-state index contributed by atoms with van der Waals surface area (Å²) in [7, 11) is 0. The van der Waals surface area contributed by atoms with E-state index in [0.717, 1.165) is 37.2 Å². The lowest BCUT2D eigenvalue weighted by Gasteiger charge is -2.37. The summed E-state index contributed by atoms with van der Waals surface area (Å²) in [5.41, 5.74) is 2.10. The predicted molar refractivity (Wildman–Crippen MR) is 95.4 cm³/mol. The number of piperazine rings is 1. The van der Waals surface area contributed by atoms with E-state index in [-0.39, 0.29) is 6.09 Å². The van der Waals surface area contributed by atoms with Crippen LogP contribution in [0.1, 0.15) is 55.5 Å². The van der Waals surface area contributed by atoms with E-state index in [2.05, 4.69) is 4.90 Å². The minimum atomic E-state index is -0.886. The number of hydrogen-bond donors (Lipinski definition) is 1. The molecule has 1 aromatic carbocycles. The van der Waals surface area contributed by atoms with Crippen LogP contribution in [-0.4, -0.2) is 53.8 Å². The highest BCUT2D eigenvalue weighted by Crippen LogP contribution is 2.45. The first-order valence-electron chi connectivity index (χ1n) is 8.85. The van der Waals surface area contributed by atoms with Gasteiger partial charge in [-0.3, -0.25) is 0 Å². The number of aromatic carboxylic acids is 1. The van der Waals surface area contributed by atoms with Gasteiger partial charge in [-0.1, -0.05) is 0 Å². The largest absolute Gasteiger partial charge is 0.478 e. The Morgan fingerprint density at radius 2 is 1.76 bits per heavy atom. The summed E-state index contributed by atoms with van der Waals surface area (Å²) >= 11 is 0. The number of anilines is 1. The molecule has 0 radical (unpaired) electrons. The first-order valence-corrected chi connectivity index (χ1v) is 8.85. The Labute approximate surface area is 148 Å². The summed E-state index contributed by atoms with van der Waals surface area (Å²) in [6.45, 7) is 8.28. The van der Waals surface area contributed by atoms with Gasteiger partial charge < -0.3 is 19.6 Å². The molecule has 1 aliphatic heterocycles. The molecular formula is C19H26N2O4. The number of ether oxygens (including phenoxy) is 1. The maximum atomic E-state index is 12.2. The number of benzene rings is 1. The van der Waals surface area contributed by atoms with Crippen LogP contribution >= 0.6 is 0 Å². The molecule has 6 heteroatoms. The Balaban J connectivity index is 1.69. The van der Waals surface area contributed by atoms with Gasteiger partial charge in [0.2, 0.25) is 0 Å². The van der Waals surface area contributed by atoms with E-state index in [1.807, 2.05) is 32.9 Å². The van der Waals surface area contributed by atoms with Crippen molar-refractivity contribution in [1.82, 2.24) is 4.90 Å². The molecule has 0 bridgehead atoms. The van der Waals surface area contributed by atoms with Gasteiger partial charge in [-0.15, -0.1) is 0 Å². The zero-order valence-corrected chi connectivity index (χ0v) is 15.1. The smallest absolute Gasteiger partial charge is 0.410 e. The first kappa shape index (κ1) is 17.6. The van der Waals surface area contributed by atoms with Crippen molar-refractivity contribution in [3.8, 4) is 0 Å². The van der Waals surface area contributed by atoms with E-state index in [1.165, 1.54) is 0 Å². The second-order valence-electron chi connectivity index (χ2n) is 7.81. The van der Waals surface area contributed by atoms with Gasteiger partial charge in [0.15, 0.2) is 0 Å². The molecule has 3 rings (SSSR count). The minimum absolute atomic E-state index is 0.268. The third-order valence-corrected chi connectivity index (χ3v) is 4.56. The fourth-order valence-corrected chi connectivity index (χ4v) is 3.15. The van der Waals surface area contributed by atoms with Crippen LogP contribution in [-0.2, 0) is 4.74 Å². The number of amides is 1. The Bertz CT molecular complexity index is 668. The average molecular weight is 346 g/mol. The molecule has 1 amide bonds. The fraction of sp³-hybridized carbons (Fsp3) is 0.579. The molecule has 1 saturated heterocycles. The van der Waals surface area contributed by atoms with E-state index in [4.69, 9.17) is 4.74 Å². The molecule has 2 fully saturated rings.